The third kappa shape index (κ3) is 2.47. The number of hydrogen-bond acceptors (Lipinski definition) is 2. The molecule has 1 heterocycles. The van der Waals surface area contributed by atoms with Crippen LogP contribution in [0.5, 0.6) is 0 Å². The summed E-state index contributed by atoms with van der Waals surface area (Å²) in [4.78, 5) is 2.77. The van der Waals surface area contributed by atoms with Gasteiger partial charge in [0.25, 0.3) is 0 Å². The molecule has 0 aromatic carbocycles. The Hall–Kier alpha value is -0.600. The molecule has 1 atom stereocenters. The van der Waals surface area contributed by atoms with E-state index in [2.05, 4.69) is 37.9 Å². The Morgan fingerprint density at radius 2 is 2.42 bits per heavy atom. The van der Waals surface area contributed by atoms with E-state index in [4.69, 9.17) is 0 Å². The molecular weight excluding hydrogens is 166 g/mol. The zero-order chi connectivity index (χ0) is 8.97. The highest BCUT2D eigenvalue weighted by atomic mass is 32.1. The molecule has 0 bridgehead atoms. The average molecular weight is 181 g/mol. The summed E-state index contributed by atoms with van der Waals surface area (Å²) in [7, 11) is 0. The fourth-order valence-electron chi connectivity index (χ4n) is 1.05. The maximum absolute atomic E-state index is 3.67. The highest BCUT2D eigenvalue weighted by Gasteiger charge is 2.04. The van der Waals surface area contributed by atoms with Gasteiger partial charge in [-0.25, -0.2) is 0 Å². The van der Waals surface area contributed by atoms with Crippen molar-refractivity contribution in [2.75, 3.05) is 6.54 Å². The molecule has 0 amide bonds. The summed E-state index contributed by atoms with van der Waals surface area (Å²) in [6.45, 7) is 8.85. The summed E-state index contributed by atoms with van der Waals surface area (Å²) >= 11 is 1.85. The van der Waals surface area contributed by atoms with E-state index < -0.39 is 0 Å². The number of thiophene rings is 1. The van der Waals surface area contributed by atoms with E-state index >= 15 is 0 Å². The van der Waals surface area contributed by atoms with Crippen molar-refractivity contribution in [2.45, 2.75) is 19.9 Å². The van der Waals surface area contributed by atoms with Crippen molar-refractivity contribution in [1.29, 1.82) is 0 Å². The third-order valence-corrected chi connectivity index (χ3v) is 2.94. The lowest BCUT2D eigenvalue weighted by Gasteiger charge is -2.09. The maximum atomic E-state index is 3.67. The van der Waals surface area contributed by atoms with E-state index in [0.717, 1.165) is 6.54 Å². The summed E-state index contributed by atoms with van der Waals surface area (Å²) in [5.74, 6) is 0. The maximum Gasteiger partial charge on any atom is 0.0388 e. The van der Waals surface area contributed by atoms with Crippen LogP contribution in [0.25, 0.3) is 0 Å². The summed E-state index contributed by atoms with van der Waals surface area (Å²) < 4.78 is 0. The molecule has 1 aromatic rings. The smallest absolute Gasteiger partial charge is 0.0388 e. The SMILES string of the molecule is C=CCNC(C)c1ccc(C)s1. The number of hydrogen-bond donors (Lipinski definition) is 1. The Kier molecular flexibility index (Phi) is 3.50. The van der Waals surface area contributed by atoms with Gasteiger partial charge in [0.1, 0.15) is 0 Å². The Balaban J connectivity index is 2.52. The van der Waals surface area contributed by atoms with E-state index in [-0.39, 0.29) is 0 Å². The quantitative estimate of drug-likeness (QED) is 0.704. The summed E-state index contributed by atoms with van der Waals surface area (Å²) in [5.41, 5.74) is 0. The van der Waals surface area contributed by atoms with Crippen LogP contribution in [0, 0.1) is 6.92 Å². The predicted octanol–water partition coefficient (Wildman–Crippen LogP) is 2.89. The van der Waals surface area contributed by atoms with Gasteiger partial charge in [0.2, 0.25) is 0 Å². The molecule has 0 saturated heterocycles. The normalized spacial score (nSPS) is 12.8. The molecule has 1 aromatic heterocycles. The second-order valence-corrected chi connectivity index (χ2v) is 4.19. The van der Waals surface area contributed by atoms with Gasteiger partial charge < -0.3 is 5.32 Å². The van der Waals surface area contributed by atoms with E-state index in [0.29, 0.717) is 6.04 Å². The zero-order valence-electron chi connectivity index (χ0n) is 7.63. The Labute approximate surface area is 78.1 Å². The first-order valence-corrected chi connectivity index (χ1v) is 4.96. The minimum absolute atomic E-state index is 0.446. The standard InChI is InChI=1S/C10H15NS/c1-4-7-11-9(3)10-6-5-8(2)12-10/h4-6,9,11H,1,7H2,2-3H3. The van der Waals surface area contributed by atoms with E-state index in [1.165, 1.54) is 9.75 Å². The molecule has 1 rings (SSSR count). The van der Waals surface area contributed by atoms with Crippen molar-refractivity contribution in [3.63, 3.8) is 0 Å². The highest BCUT2D eigenvalue weighted by Crippen LogP contribution is 2.21. The van der Waals surface area contributed by atoms with Gasteiger partial charge in [-0.3, -0.25) is 0 Å². The number of rotatable bonds is 4. The molecule has 0 aliphatic rings. The minimum atomic E-state index is 0.446. The van der Waals surface area contributed by atoms with Crippen LogP contribution in [0.1, 0.15) is 22.7 Å². The molecule has 0 saturated carbocycles. The molecule has 1 nitrogen and oxygen atoms in total. The summed E-state index contributed by atoms with van der Waals surface area (Å²) in [5, 5.41) is 3.35. The van der Waals surface area contributed by atoms with Crippen LogP contribution in [-0.4, -0.2) is 6.54 Å². The molecule has 66 valence electrons. The van der Waals surface area contributed by atoms with Crippen molar-refractivity contribution in [3.05, 3.63) is 34.5 Å². The van der Waals surface area contributed by atoms with E-state index in [9.17, 15) is 0 Å². The third-order valence-electron chi connectivity index (χ3n) is 1.76. The molecule has 0 fully saturated rings. The van der Waals surface area contributed by atoms with Crippen molar-refractivity contribution in [3.8, 4) is 0 Å². The second kappa shape index (κ2) is 4.43. The highest BCUT2D eigenvalue weighted by molar-refractivity contribution is 7.12. The van der Waals surface area contributed by atoms with E-state index in [1.807, 2.05) is 17.4 Å². The van der Waals surface area contributed by atoms with Crippen LogP contribution in [0.15, 0.2) is 24.8 Å². The monoisotopic (exact) mass is 181 g/mol. The number of nitrogens with one attached hydrogen (secondary N) is 1. The summed E-state index contributed by atoms with van der Waals surface area (Å²) in [6.07, 6.45) is 1.89. The Morgan fingerprint density at radius 3 is 2.92 bits per heavy atom. The van der Waals surface area contributed by atoms with Gasteiger partial charge in [0, 0.05) is 22.3 Å². The molecule has 2 heteroatoms. The van der Waals surface area contributed by atoms with Gasteiger partial charge >= 0.3 is 0 Å². The minimum Gasteiger partial charge on any atom is -0.306 e. The van der Waals surface area contributed by atoms with Gasteiger partial charge in [0.15, 0.2) is 0 Å². The fourth-order valence-corrected chi connectivity index (χ4v) is 1.95. The van der Waals surface area contributed by atoms with E-state index in [1.54, 1.807) is 0 Å². The molecular formula is C10H15NS. The van der Waals surface area contributed by atoms with Crippen LogP contribution in [0.2, 0.25) is 0 Å². The van der Waals surface area contributed by atoms with Crippen LogP contribution >= 0.6 is 11.3 Å². The molecule has 0 aliphatic carbocycles. The average Bonchev–Trinajstić information content (AvgIpc) is 2.47. The lowest BCUT2D eigenvalue weighted by atomic mass is 10.3. The van der Waals surface area contributed by atoms with Gasteiger partial charge in [-0.2, -0.15) is 0 Å². The summed E-state index contributed by atoms with van der Waals surface area (Å²) in [6, 6.07) is 4.79. The van der Waals surface area contributed by atoms with Gasteiger partial charge in [-0.15, -0.1) is 17.9 Å². The van der Waals surface area contributed by atoms with Crippen LogP contribution in [-0.2, 0) is 0 Å². The molecule has 0 aliphatic heterocycles. The first-order chi connectivity index (χ1) is 5.74. The first-order valence-electron chi connectivity index (χ1n) is 4.14. The first kappa shape index (κ1) is 9.49. The van der Waals surface area contributed by atoms with Gasteiger partial charge in [0.05, 0.1) is 0 Å². The molecule has 0 radical (unpaired) electrons. The topological polar surface area (TPSA) is 12.0 Å². The van der Waals surface area contributed by atoms with Crippen molar-refractivity contribution < 1.29 is 0 Å². The predicted molar refractivity (Wildman–Crippen MR) is 55.7 cm³/mol. The van der Waals surface area contributed by atoms with Crippen LogP contribution < -0.4 is 5.32 Å². The van der Waals surface area contributed by atoms with Crippen LogP contribution in [0.4, 0.5) is 0 Å². The molecule has 1 unspecified atom stereocenters. The lowest BCUT2D eigenvalue weighted by molar-refractivity contribution is 0.628. The second-order valence-electron chi connectivity index (χ2n) is 2.87. The Bertz CT molecular complexity index is 252. The van der Waals surface area contributed by atoms with Crippen molar-refractivity contribution in [2.24, 2.45) is 0 Å². The zero-order valence-corrected chi connectivity index (χ0v) is 8.45. The fraction of sp³-hybridized carbons (Fsp3) is 0.400. The number of aryl methyl sites for hydroxylation is 1. The van der Waals surface area contributed by atoms with Gasteiger partial charge in [-0.1, -0.05) is 6.08 Å². The molecule has 0 spiro atoms. The van der Waals surface area contributed by atoms with Gasteiger partial charge in [-0.05, 0) is 26.0 Å². The molecule has 1 N–H and O–H groups in total. The molecule has 12 heavy (non-hydrogen) atoms. The Morgan fingerprint density at radius 1 is 1.67 bits per heavy atom. The van der Waals surface area contributed by atoms with Crippen LogP contribution in [0.3, 0.4) is 0 Å². The largest absolute Gasteiger partial charge is 0.306 e. The lowest BCUT2D eigenvalue weighted by Crippen LogP contribution is -2.17. The van der Waals surface area contributed by atoms with Crippen molar-refractivity contribution >= 4 is 11.3 Å². The van der Waals surface area contributed by atoms with Crippen molar-refractivity contribution in [1.82, 2.24) is 5.32 Å².